The Hall–Kier alpha value is -0.0800. The highest BCUT2D eigenvalue weighted by atomic mass is 16.3. The minimum Gasteiger partial charge on any atom is -0.389 e. The van der Waals surface area contributed by atoms with Crippen molar-refractivity contribution < 1.29 is 5.11 Å². The zero-order chi connectivity index (χ0) is 13.9. The Balaban J connectivity index is 2.08. The van der Waals surface area contributed by atoms with Gasteiger partial charge in [0.1, 0.15) is 0 Å². The second-order valence-corrected chi connectivity index (χ2v) is 7.45. The van der Waals surface area contributed by atoms with Crippen LogP contribution in [0.2, 0.25) is 0 Å². The maximum Gasteiger partial charge on any atom is 0.0716 e. The van der Waals surface area contributed by atoms with Crippen LogP contribution >= 0.6 is 0 Å². The van der Waals surface area contributed by atoms with Gasteiger partial charge >= 0.3 is 0 Å². The van der Waals surface area contributed by atoms with Crippen molar-refractivity contribution in [2.75, 3.05) is 6.54 Å². The summed E-state index contributed by atoms with van der Waals surface area (Å²) in [6.45, 7) is 5.26. The van der Waals surface area contributed by atoms with E-state index in [9.17, 15) is 5.11 Å². The van der Waals surface area contributed by atoms with Gasteiger partial charge in [0.15, 0.2) is 0 Å². The first kappa shape index (κ1) is 15.3. The third-order valence-electron chi connectivity index (χ3n) is 6.10. The molecule has 112 valence electrons. The highest BCUT2D eigenvalue weighted by Crippen LogP contribution is 2.53. The maximum atomic E-state index is 11.3. The molecule has 0 aromatic heterocycles. The van der Waals surface area contributed by atoms with E-state index in [4.69, 9.17) is 5.73 Å². The predicted molar refractivity (Wildman–Crippen MR) is 80.9 cm³/mol. The summed E-state index contributed by atoms with van der Waals surface area (Å²) in [7, 11) is 0. The molecule has 0 bridgehead atoms. The standard InChI is InChI=1S/C17H33NO/c1-3-5-15-6-4-9-17(19,11-8-15)16(13-18)10-7-14(2)12-16/h14-15,19H,3-13,18H2,1-2H3. The molecule has 0 spiro atoms. The summed E-state index contributed by atoms with van der Waals surface area (Å²) in [5.74, 6) is 1.58. The molecule has 0 amide bonds. The number of nitrogens with two attached hydrogens (primary N) is 1. The molecule has 0 aromatic rings. The van der Waals surface area contributed by atoms with Crippen LogP contribution in [0.5, 0.6) is 0 Å². The molecule has 19 heavy (non-hydrogen) atoms. The molecule has 0 aromatic carbocycles. The van der Waals surface area contributed by atoms with E-state index < -0.39 is 5.60 Å². The van der Waals surface area contributed by atoms with E-state index >= 15 is 0 Å². The van der Waals surface area contributed by atoms with Crippen molar-refractivity contribution in [2.24, 2.45) is 23.0 Å². The lowest BCUT2D eigenvalue weighted by molar-refractivity contribution is -0.0914. The van der Waals surface area contributed by atoms with Crippen LogP contribution in [0.4, 0.5) is 0 Å². The Morgan fingerprint density at radius 2 is 1.95 bits per heavy atom. The van der Waals surface area contributed by atoms with Crippen LogP contribution in [-0.2, 0) is 0 Å². The van der Waals surface area contributed by atoms with Gasteiger partial charge in [0.25, 0.3) is 0 Å². The van der Waals surface area contributed by atoms with Gasteiger partial charge in [-0.3, -0.25) is 0 Å². The predicted octanol–water partition coefficient (Wildman–Crippen LogP) is 3.86. The first-order valence-electron chi connectivity index (χ1n) is 8.48. The molecule has 2 fully saturated rings. The molecule has 3 N–H and O–H groups in total. The first-order valence-corrected chi connectivity index (χ1v) is 8.48. The lowest BCUT2D eigenvalue weighted by Crippen LogP contribution is -2.51. The van der Waals surface area contributed by atoms with Crippen molar-refractivity contribution >= 4 is 0 Å². The first-order chi connectivity index (χ1) is 9.05. The van der Waals surface area contributed by atoms with Crippen LogP contribution in [-0.4, -0.2) is 17.3 Å². The van der Waals surface area contributed by atoms with Crippen molar-refractivity contribution in [3.63, 3.8) is 0 Å². The fourth-order valence-electron chi connectivity index (χ4n) is 4.81. The summed E-state index contributed by atoms with van der Waals surface area (Å²) in [5, 5.41) is 11.3. The lowest BCUT2D eigenvalue weighted by Gasteiger charge is -2.45. The van der Waals surface area contributed by atoms with Gasteiger partial charge in [-0.15, -0.1) is 0 Å². The fraction of sp³-hybridized carbons (Fsp3) is 1.00. The van der Waals surface area contributed by atoms with E-state index in [1.807, 2.05) is 0 Å². The quantitative estimate of drug-likeness (QED) is 0.760. The monoisotopic (exact) mass is 267 g/mol. The summed E-state index contributed by atoms with van der Waals surface area (Å²) in [5.41, 5.74) is 5.68. The van der Waals surface area contributed by atoms with Gasteiger partial charge in [0.05, 0.1) is 5.60 Å². The van der Waals surface area contributed by atoms with Crippen molar-refractivity contribution in [2.45, 2.75) is 83.7 Å². The Labute approximate surface area is 119 Å². The SMILES string of the molecule is CCCC1CCCC(O)(C2(CN)CCC(C)C2)CC1. The molecule has 2 nitrogen and oxygen atoms in total. The van der Waals surface area contributed by atoms with Crippen molar-refractivity contribution in [1.29, 1.82) is 0 Å². The maximum absolute atomic E-state index is 11.3. The summed E-state index contributed by atoms with van der Waals surface area (Å²) in [4.78, 5) is 0. The smallest absolute Gasteiger partial charge is 0.0716 e. The molecule has 0 radical (unpaired) electrons. The highest BCUT2D eigenvalue weighted by Gasteiger charge is 2.52. The van der Waals surface area contributed by atoms with E-state index in [1.165, 1.54) is 38.5 Å². The van der Waals surface area contributed by atoms with Gasteiger partial charge in [-0.05, 0) is 43.9 Å². The van der Waals surface area contributed by atoms with Crippen molar-refractivity contribution in [1.82, 2.24) is 0 Å². The molecule has 2 aliphatic carbocycles. The summed E-state index contributed by atoms with van der Waals surface area (Å²) >= 11 is 0. The molecule has 0 aliphatic heterocycles. The van der Waals surface area contributed by atoms with E-state index in [0.717, 1.165) is 37.5 Å². The Morgan fingerprint density at radius 1 is 1.16 bits per heavy atom. The number of hydrogen-bond acceptors (Lipinski definition) is 2. The fourth-order valence-corrected chi connectivity index (χ4v) is 4.81. The summed E-state index contributed by atoms with van der Waals surface area (Å²) in [6.07, 6.45) is 11.8. The van der Waals surface area contributed by atoms with Gasteiger partial charge in [0, 0.05) is 12.0 Å². The summed E-state index contributed by atoms with van der Waals surface area (Å²) < 4.78 is 0. The molecule has 4 unspecified atom stereocenters. The molecule has 2 saturated carbocycles. The van der Waals surface area contributed by atoms with E-state index in [1.54, 1.807) is 0 Å². The zero-order valence-corrected chi connectivity index (χ0v) is 13.0. The second kappa shape index (κ2) is 6.13. The van der Waals surface area contributed by atoms with Crippen LogP contribution in [0.25, 0.3) is 0 Å². The topological polar surface area (TPSA) is 46.2 Å². The lowest BCUT2D eigenvalue weighted by atomic mass is 9.66. The minimum atomic E-state index is -0.477. The molecular formula is C17H33NO. The second-order valence-electron chi connectivity index (χ2n) is 7.45. The molecular weight excluding hydrogens is 234 g/mol. The number of hydrogen-bond donors (Lipinski definition) is 2. The van der Waals surface area contributed by atoms with E-state index in [-0.39, 0.29) is 5.41 Å². The third kappa shape index (κ3) is 3.00. The van der Waals surface area contributed by atoms with Crippen LogP contribution in [0, 0.1) is 17.3 Å². The van der Waals surface area contributed by atoms with Gasteiger partial charge < -0.3 is 10.8 Å². The van der Waals surface area contributed by atoms with Crippen molar-refractivity contribution in [3.8, 4) is 0 Å². The minimum absolute atomic E-state index is 0.0214. The molecule has 2 heteroatoms. The Bertz CT molecular complexity index is 293. The van der Waals surface area contributed by atoms with Gasteiger partial charge in [-0.25, -0.2) is 0 Å². The van der Waals surface area contributed by atoms with Crippen LogP contribution in [0.1, 0.15) is 78.1 Å². The highest BCUT2D eigenvalue weighted by molar-refractivity contribution is 5.04. The number of rotatable bonds is 4. The number of aliphatic hydroxyl groups is 1. The Morgan fingerprint density at radius 3 is 2.53 bits per heavy atom. The van der Waals surface area contributed by atoms with Crippen molar-refractivity contribution in [3.05, 3.63) is 0 Å². The van der Waals surface area contributed by atoms with Crippen LogP contribution < -0.4 is 5.73 Å². The molecule has 2 aliphatic rings. The Kier molecular flexibility index (Phi) is 4.94. The normalized spacial score (nSPS) is 44.2. The van der Waals surface area contributed by atoms with Gasteiger partial charge in [-0.2, -0.15) is 0 Å². The average Bonchev–Trinajstić information content (AvgIpc) is 2.69. The van der Waals surface area contributed by atoms with E-state index in [0.29, 0.717) is 6.54 Å². The van der Waals surface area contributed by atoms with Crippen LogP contribution in [0.15, 0.2) is 0 Å². The largest absolute Gasteiger partial charge is 0.389 e. The van der Waals surface area contributed by atoms with Crippen LogP contribution in [0.3, 0.4) is 0 Å². The molecule has 4 atom stereocenters. The van der Waals surface area contributed by atoms with Gasteiger partial charge in [-0.1, -0.05) is 46.0 Å². The molecule has 0 heterocycles. The molecule has 2 rings (SSSR count). The molecule has 0 saturated heterocycles. The van der Waals surface area contributed by atoms with E-state index in [2.05, 4.69) is 13.8 Å². The summed E-state index contributed by atoms with van der Waals surface area (Å²) in [6, 6.07) is 0. The average molecular weight is 267 g/mol. The zero-order valence-electron chi connectivity index (χ0n) is 13.0. The third-order valence-corrected chi connectivity index (χ3v) is 6.10. The van der Waals surface area contributed by atoms with Gasteiger partial charge in [0.2, 0.25) is 0 Å².